The van der Waals surface area contributed by atoms with Crippen LogP contribution in [0.3, 0.4) is 0 Å². The quantitative estimate of drug-likeness (QED) is 0.163. The standard InChI is InChI=1S/C54H36N2O/c1-2-10-37(11-3-1)38-18-20-39(21-19-38)40-22-27-43(28-23-40)55(44-29-24-41(25-30-44)42-26-35-54-50(36-42)49-14-6-9-17-53(49)57-54)45-31-33-46(34-32-45)56-51-15-7-4-12-47(51)48-13-5-8-16-52(48)56/h1-36H. The number of aromatic nitrogens is 1. The van der Waals surface area contributed by atoms with Crippen LogP contribution >= 0.6 is 0 Å². The smallest absolute Gasteiger partial charge is 0.135 e. The third kappa shape index (κ3) is 5.76. The van der Waals surface area contributed by atoms with Gasteiger partial charge in [-0.25, -0.2) is 0 Å². The van der Waals surface area contributed by atoms with Gasteiger partial charge in [0.2, 0.25) is 0 Å². The maximum atomic E-state index is 6.12. The largest absolute Gasteiger partial charge is 0.456 e. The summed E-state index contributed by atoms with van der Waals surface area (Å²) in [5.74, 6) is 0. The summed E-state index contributed by atoms with van der Waals surface area (Å²) >= 11 is 0. The molecule has 0 aliphatic carbocycles. The zero-order valence-corrected chi connectivity index (χ0v) is 31.1. The lowest BCUT2D eigenvalue weighted by Gasteiger charge is -2.26. The molecule has 0 aliphatic heterocycles. The van der Waals surface area contributed by atoms with Crippen LogP contribution in [0.1, 0.15) is 0 Å². The Labute approximate surface area is 330 Å². The highest BCUT2D eigenvalue weighted by atomic mass is 16.3. The summed E-state index contributed by atoms with van der Waals surface area (Å²) < 4.78 is 8.48. The Balaban J connectivity index is 0.972. The number of hydrogen-bond acceptors (Lipinski definition) is 2. The molecule has 0 saturated heterocycles. The Hall–Kier alpha value is -7.62. The number of rotatable bonds is 7. The highest BCUT2D eigenvalue weighted by Crippen LogP contribution is 2.39. The van der Waals surface area contributed by atoms with E-state index < -0.39 is 0 Å². The second-order valence-corrected chi connectivity index (χ2v) is 14.6. The van der Waals surface area contributed by atoms with Gasteiger partial charge in [0.15, 0.2) is 0 Å². The number of hydrogen-bond donors (Lipinski definition) is 0. The highest BCUT2D eigenvalue weighted by Gasteiger charge is 2.16. The first-order valence-electron chi connectivity index (χ1n) is 19.4. The van der Waals surface area contributed by atoms with Crippen molar-refractivity contribution < 1.29 is 4.42 Å². The molecule has 0 amide bonds. The van der Waals surface area contributed by atoms with Crippen molar-refractivity contribution in [1.82, 2.24) is 4.57 Å². The van der Waals surface area contributed by atoms with Crippen LogP contribution < -0.4 is 4.90 Å². The van der Waals surface area contributed by atoms with Crippen LogP contribution in [-0.2, 0) is 0 Å². The predicted molar refractivity (Wildman–Crippen MR) is 239 cm³/mol. The molecule has 268 valence electrons. The Morgan fingerprint density at radius 2 is 0.702 bits per heavy atom. The Bertz CT molecular complexity index is 3140. The van der Waals surface area contributed by atoms with E-state index in [-0.39, 0.29) is 0 Å². The summed E-state index contributed by atoms with van der Waals surface area (Å²) in [6.07, 6.45) is 0. The molecule has 3 nitrogen and oxygen atoms in total. The second kappa shape index (κ2) is 13.6. The molecule has 2 aromatic heterocycles. The third-order valence-corrected chi connectivity index (χ3v) is 11.2. The molecular weight excluding hydrogens is 693 g/mol. The zero-order valence-electron chi connectivity index (χ0n) is 31.1. The van der Waals surface area contributed by atoms with Crippen molar-refractivity contribution in [3.8, 4) is 39.1 Å². The number of anilines is 3. The van der Waals surface area contributed by atoms with Crippen LogP contribution in [0.15, 0.2) is 223 Å². The Morgan fingerprint density at radius 1 is 0.298 bits per heavy atom. The van der Waals surface area contributed by atoms with E-state index in [0.717, 1.165) is 55.8 Å². The van der Waals surface area contributed by atoms with Gasteiger partial charge < -0.3 is 13.9 Å². The lowest BCUT2D eigenvalue weighted by molar-refractivity contribution is 0.669. The average Bonchev–Trinajstić information content (AvgIpc) is 3.83. The highest BCUT2D eigenvalue weighted by molar-refractivity contribution is 6.09. The van der Waals surface area contributed by atoms with E-state index in [4.69, 9.17) is 4.42 Å². The molecule has 57 heavy (non-hydrogen) atoms. The van der Waals surface area contributed by atoms with Crippen LogP contribution in [0.4, 0.5) is 17.1 Å². The SMILES string of the molecule is c1ccc(-c2ccc(-c3ccc(N(c4ccc(-c5ccc6oc7ccccc7c6c5)cc4)c4ccc(-n5c6ccccc6c6ccccc65)cc4)cc3)cc2)cc1. The van der Waals surface area contributed by atoms with E-state index in [1.54, 1.807) is 0 Å². The molecule has 0 aliphatic rings. The topological polar surface area (TPSA) is 21.3 Å². The van der Waals surface area contributed by atoms with E-state index in [2.05, 4.69) is 216 Å². The van der Waals surface area contributed by atoms with Gasteiger partial charge in [-0.15, -0.1) is 0 Å². The molecule has 0 N–H and O–H groups in total. The van der Waals surface area contributed by atoms with E-state index in [1.165, 1.54) is 44.1 Å². The lowest BCUT2D eigenvalue weighted by Crippen LogP contribution is -2.10. The minimum Gasteiger partial charge on any atom is -0.456 e. The summed E-state index contributed by atoms with van der Waals surface area (Å²) in [5, 5.41) is 4.78. The van der Waals surface area contributed by atoms with Gasteiger partial charge >= 0.3 is 0 Å². The molecule has 3 heteroatoms. The maximum Gasteiger partial charge on any atom is 0.135 e. The van der Waals surface area contributed by atoms with Crippen molar-refractivity contribution in [3.05, 3.63) is 218 Å². The first-order valence-corrected chi connectivity index (χ1v) is 19.4. The molecule has 0 saturated carbocycles. The molecule has 0 atom stereocenters. The van der Waals surface area contributed by atoms with Gasteiger partial charge in [-0.2, -0.15) is 0 Å². The molecule has 0 radical (unpaired) electrons. The normalized spacial score (nSPS) is 11.5. The molecule has 0 unspecified atom stereocenters. The summed E-state index contributed by atoms with van der Waals surface area (Å²) in [4.78, 5) is 2.34. The van der Waals surface area contributed by atoms with Gasteiger partial charge in [-0.1, -0.05) is 140 Å². The summed E-state index contributed by atoms with van der Waals surface area (Å²) in [6.45, 7) is 0. The first kappa shape index (κ1) is 32.8. The van der Waals surface area contributed by atoms with Crippen LogP contribution in [0.25, 0.3) is 82.8 Å². The monoisotopic (exact) mass is 728 g/mol. The van der Waals surface area contributed by atoms with Crippen LogP contribution in [-0.4, -0.2) is 4.57 Å². The van der Waals surface area contributed by atoms with E-state index in [0.29, 0.717) is 0 Å². The molecule has 0 spiro atoms. The minimum absolute atomic E-state index is 0.905. The molecule has 0 fully saturated rings. The van der Waals surface area contributed by atoms with Gasteiger partial charge in [-0.3, -0.25) is 0 Å². The molecular formula is C54H36N2O. The summed E-state index contributed by atoms with van der Waals surface area (Å²) in [6, 6.07) is 78.2. The number of furan rings is 1. The van der Waals surface area contributed by atoms with Crippen molar-refractivity contribution in [2.75, 3.05) is 4.90 Å². The molecule has 0 bridgehead atoms. The number of para-hydroxylation sites is 3. The fraction of sp³-hybridized carbons (Fsp3) is 0. The predicted octanol–water partition coefficient (Wildman–Crippen LogP) is 15.2. The van der Waals surface area contributed by atoms with E-state index >= 15 is 0 Å². The number of benzene rings is 9. The van der Waals surface area contributed by atoms with Gasteiger partial charge in [0.25, 0.3) is 0 Å². The van der Waals surface area contributed by atoms with Crippen molar-refractivity contribution in [3.63, 3.8) is 0 Å². The van der Waals surface area contributed by atoms with Gasteiger partial charge in [0.1, 0.15) is 11.2 Å². The van der Waals surface area contributed by atoms with Crippen LogP contribution in [0.5, 0.6) is 0 Å². The fourth-order valence-corrected chi connectivity index (χ4v) is 8.40. The molecule has 11 rings (SSSR count). The van der Waals surface area contributed by atoms with E-state index in [9.17, 15) is 0 Å². The van der Waals surface area contributed by atoms with E-state index in [1.807, 2.05) is 12.1 Å². The number of nitrogens with zero attached hydrogens (tertiary/aromatic N) is 2. The fourth-order valence-electron chi connectivity index (χ4n) is 8.40. The van der Waals surface area contributed by atoms with Crippen LogP contribution in [0.2, 0.25) is 0 Å². The maximum absolute atomic E-state index is 6.12. The molecule has 9 aromatic carbocycles. The van der Waals surface area contributed by atoms with Gasteiger partial charge in [0.05, 0.1) is 11.0 Å². The average molecular weight is 729 g/mol. The minimum atomic E-state index is 0.905. The van der Waals surface area contributed by atoms with Crippen molar-refractivity contribution in [1.29, 1.82) is 0 Å². The molecule has 11 aromatic rings. The summed E-state index contributed by atoms with van der Waals surface area (Å²) in [5.41, 5.74) is 15.7. The second-order valence-electron chi connectivity index (χ2n) is 14.6. The Kier molecular flexibility index (Phi) is 7.82. The Morgan fingerprint density at radius 3 is 1.28 bits per heavy atom. The van der Waals surface area contributed by atoms with Crippen molar-refractivity contribution >= 4 is 60.8 Å². The van der Waals surface area contributed by atoms with Crippen LogP contribution in [0, 0.1) is 0 Å². The van der Waals surface area contributed by atoms with Gasteiger partial charge in [-0.05, 0) is 112 Å². The first-order chi connectivity index (χ1) is 28.2. The third-order valence-electron chi connectivity index (χ3n) is 11.2. The summed E-state index contributed by atoms with van der Waals surface area (Å²) in [7, 11) is 0. The lowest BCUT2D eigenvalue weighted by atomic mass is 10.00. The molecule has 2 heterocycles. The van der Waals surface area contributed by atoms with Crippen molar-refractivity contribution in [2.24, 2.45) is 0 Å². The van der Waals surface area contributed by atoms with Gasteiger partial charge in [0, 0.05) is 44.3 Å². The van der Waals surface area contributed by atoms with Crippen molar-refractivity contribution in [2.45, 2.75) is 0 Å². The zero-order chi connectivity index (χ0) is 37.7. The number of fused-ring (bicyclic) bond motifs is 6.